The van der Waals surface area contributed by atoms with Gasteiger partial charge in [0.25, 0.3) is 0 Å². The molecule has 3 aromatic rings. The van der Waals surface area contributed by atoms with E-state index in [1.807, 2.05) is 45.0 Å². The van der Waals surface area contributed by atoms with Crippen LogP contribution in [0.1, 0.15) is 54.0 Å². The number of aryl methyl sites for hydroxylation is 2. The number of halogens is 1. The Morgan fingerprint density at radius 2 is 1.72 bits per heavy atom. The van der Waals surface area contributed by atoms with Gasteiger partial charge in [0.05, 0.1) is 5.71 Å². The third-order valence-corrected chi connectivity index (χ3v) is 5.64. The SMILES string of the molecule is CC.CC(=O)S.Cc1sc2c(c1C)C(c1ccc(Cl)cc1)=NCc1nnc(C)n1-2. The lowest BCUT2D eigenvalue weighted by molar-refractivity contribution is -0.108. The number of thiophene rings is 1. The molecule has 0 unspecified atom stereocenters. The Kier molecular flexibility index (Phi) is 8.19. The monoisotopic (exact) mass is 448 g/mol. The Morgan fingerprint density at radius 3 is 2.31 bits per heavy atom. The second-order valence-electron chi connectivity index (χ2n) is 6.15. The van der Waals surface area contributed by atoms with E-state index in [9.17, 15) is 4.79 Å². The first-order valence-corrected chi connectivity index (χ1v) is 10.9. The van der Waals surface area contributed by atoms with Crippen molar-refractivity contribution in [1.82, 2.24) is 14.8 Å². The largest absolute Gasteiger partial charge is 0.288 e. The van der Waals surface area contributed by atoms with E-state index in [1.54, 1.807) is 11.3 Å². The zero-order valence-corrected chi connectivity index (χ0v) is 19.9. The number of thiol groups is 1. The van der Waals surface area contributed by atoms with Gasteiger partial charge >= 0.3 is 0 Å². The molecule has 3 heterocycles. The highest BCUT2D eigenvalue weighted by Gasteiger charge is 2.26. The number of fused-ring (bicyclic) bond motifs is 3. The van der Waals surface area contributed by atoms with Gasteiger partial charge in [0, 0.05) is 28.0 Å². The molecule has 0 atom stereocenters. The number of hydrogen-bond donors (Lipinski definition) is 1. The number of rotatable bonds is 1. The van der Waals surface area contributed by atoms with E-state index in [4.69, 9.17) is 16.6 Å². The average Bonchev–Trinajstić information content (AvgIpc) is 3.12. The molecule has 0 bridgehead atoms. The number of carbonyl (C=O) groups is 1. The van der Waals surface area contributed by atoms with Crippen LogP contribution in [0, 0.1) is 20.8 Å². The number of nitrogens with zero attached hydrogens (tertiary/aromatic N) is 4. The van der Waals surface area contributed by atoms with E-state index in [-0.39, 0.29) is 5.12 Å². The molecule has 1 aliphatic rings. The number of carbonyl (C=O) groups excluding carboxylic acids is 1. The first-order chi connectivity index (χ1) is 13.8. The highest BCUT2D eigenvalue weighted by Crippen LogP contribution is 2.36. The van der Waals surface area contributed by atoms with Crippen LogP contribution >= 0.6 is 35.6 Å². The normalized spacial score (nSPS) is 11.7. The molecule has 1 aliphatic heterocycles. The molecular formula is C21H25ClN4OS2. The lowest BCUT2D eigenvalue weighted by Gasteiger charge is -2.09. The topological polar surface area (TPSA) is 60.1 Å². The molecule has 29 heavy (non-hydrogen) atoms. The van der Waals surface area contributed by atoms with Gasteiger partial charge in [-0.2, -0.15) is 0 Å². The summed E-state index contributed by atoms with van der Waals surface area (Å²) in [5.41, 5.74) is 4.52. The van der Waals surface area contributed by atoms with Crippen LogP contribution in [-0.4, -0.2) is 25.6 Å². The molecule has 5 nitrogen and oxygen atoms in total. The van der Waals surface area contributed by atoms with Gasteiger partial charge in [0.2, 0.25) is 0 Å². The third-order valence-electron chi connectivity index (χ3n) is 4.19. The van der Waals surface area contributed by atoms with Crippen LogP contribution in [0.25, 0.3) is 5.00 Å². The van der Waals surface area contributed by atoms with E-state index < -0.39 is 0 Å². The Morgan fingerprint density at radius 1 is 1.14 bits per heavy atom. The maximum atomic E-state index is 9.31. The fourth-order valence-electron chi connectivity index (χ4n) is 2.89. The van der Waals surface area contributed by atoms with Crippen molar-refractivity contribution in [2.75, 3.05) is 0 Å². The lowest BCUT2D eigenvalue weighted by Crippen LogP contribution is -2.07. The minimum Gasteiger partial charge on any atom is -0.288 e. The molecule has 4 rings (SSSR count). The van der Waals surface area contributed by atoms with Crippen LogP contribution in [0.5, 0.6) is 0 Å². The lowest BCUT2D eigenvalue weighted by atomic mass is 10.00. The number of aromatic nitrogens is 3. The van der Waals surface area contributed by atoms with Gasteiger partial charge in [-0.1, -0.05) is 37.6 Å². The van der Waals surface area contributed by atoms with Crippen LogP contribution in [0.2, 0.25) is 5.02 Å². The molecule has 0 spiro atoms. The Labute approximate surface area is 186 Å². The van der Waals surface area contributed by atoms with Gasteiger partial charge in [-0.05, 0) is 38.5 Å². The first-order valence-electron chi connectivity index (χ1n) is 9.31. The summed E-state index contributed by atoms with van der Waals surface area (Å²) >= 11 is 11.1. The van der Waals surface area contributed by atoms with Crippen LogP contribution in [0.15, 0.2) is 29.3 Å². The molecule has 0 amide bonds. The van der Waals surface area contributed by atoms with Crippen LogP contribution in [0.4, 0.5) is 0 Å². The summed E-state index contributed by atoms with van der Waals surface area (Å²) in [5.74, 6) is 1.78. The van der Waals surface area contributed by atoms with Gasteiger partial charge < -0.3 is 0 Å². The van der Waals surface area contributed by atoms with Crippen LogP contribution in [0.3, 0.4) is 0 Å². The second kappa shape index (κ2) is 10.2. The zero-order valence-electron chi connectivity index (χ0n) is 17.4. The Balaban J connectivity index is 0.000000449. The molecule has 0 saturated heterocycles. The van der Waals surface area contributed by atoms with Crippen molar-refractivity contribution >= 4 is 46.4 Å². The quantitative estimate of drug-likeness (QED) is 0.482. The summed E-state index contributed by atoms with van der Waals surface area (Å²) in [6, 6.07) is 7.86. The summed E-state index contributed by atoms with van der Waals surface area (Å²) in [4.78, 5) is 15.4. The van der Waals surface area contributed by atoms with E-state index in [0.29, 0.717) is 6.54 Å². The number of aliphatic imine (C=N–C) groups is 1. The van der Waals surface area contributed by atoms with Crippen molar-refractivity contribution in [3.63, 3.8) is 0 Å². The molecule has 2 aromatic heterocycles. The van der Waals surface area contributed by atoms with Gasteiger partial charge in [-0.25, -0.2) is 0 Å². The average molecular weight is 449 g/mol. The van der Waals surface area contributed by atoms with Crippen LogP contribution in [-0.2, 0) is 11.3 Å². The highest BCUT2D eigenvalue weighted by atomic mass is 35.5. The predicted octanol–water partition coefficient (Wildman–Crippen LogP) is 5.75. The van der Waals surface area contributed by atoms with Crippen molar-refractivity contribution in [2.45, 2.75) is 48.1 Å². The molecular weight excluding hydrogens is 424 g/mol. The van der Waals surface area contributed by atoms with Gasteiger partial charge in [0.15, 0.2) is 10.9 Å². The molecule has 154 valence electrons. The van der Waals surface area contributed by atoms with E-state index in [2.05, 4.69) is 41.2 Å². The Bertz CT molecular complexity index is 1030. The van der Waals surface area contributed by atoms with Crippen molar-refractivity contribution in [1.29, 1.82) is 0 Å². The van der Waals surface area contributed by atoms with Crippen molar-refractivity contribution < 1.29 is 4.79 Å². The van der Waals surface area contributed by atoms with Crippen molar-refractivity contribution in [2.24, 2.45) is 4.99 Å². The van der Waals surface area contributed by atoms with Crippen molar-refractivity contribution in [3.8, 4) is 5.00 Å². The highest BCUT2D eigenvalue weighted by molar-refractivity contribution is 7.96. The summed E-state index contributed by atoms with van der Waals surface area (Å²) in [5, 5.41) is 10.3. The Hall–Kier alpha value is -1.96. The zero-order chi connectivity index (χ0) is 21.7. The van der Waals surface area contributed by atoms with Crippen LogP contribution < -0.4 is 0 Å². The third kappa shape index (κ3) is 5.15. The van der Waals surface area contributed by atoms with E-state index >= 15 is 0 Å². The second-order valence-corrected chi connectivity index (χ2v) is 8.42. The number of hydrogen-bond acceptors (Lipinski definition) is 5. The maximum Gasteiger partial charge on any atom is 0.182 e. The molecule has 0 saturated carbocycles. The standard InChI is InChI=1S/C17H15ClN4S.C2H4OS.C2H6/c1-9-10(2)23-17-15(9)16(12-4-6-13(18)7-5-12)19-8-14-21-20-11(3)22(14)17;1-2(3)4;1-2/h4-7H,8H2,1-3H3;1H3,(H,3,4);1-2H3. The smallest absolute Gasteiger partial charge is 0.182 e. The molecule has 8 heteroatoms. The van der Waals surface area contributed by atoms with Gasteiger partial charge in [-0.15, -0.1) is 34.2 Å². The van der Waals surface area contributed by atoms with Gasteiger partial charge in [0.1, 0.15) is 17.4 Å². The molecule has 0 radical (unpaired) electrons. The summed E-state index contributed by atoms with van der Waals surface area (Å²) in [6.07, 6.45) is 0. The molecule has 1 aromatic carbocycles. The van der Waals surface area contributed by atoms with Gasteiger partial charge in [-0.3, -0.25) is 14.4 Å². The summed E-state index contributed by atoms with van der Waals surface area (Å²) in [7, 11) is 0. The summed E-state index contributed by atoms with van der Waals surface area (Å²) < 4.78 is 2.13. The van der Waals surface area contributed by atoms with E-state index in [1.165, 1.54) is 22.9 Å². The fraction of sp³-hybridized carbons (Fsp3) is 0.333. The molecule has 0 N–H and O–H groups in total. The molecule has 0 aliphatic carbocycles. The summed E-state index contributed by atoms with van der Waals surface area (Å²) in [6.45, 7) is 12.2. The fourth-order valence-corrected chi connectivity index (χ4v) is 4.24. The van der Waals surface area contributed by atoms with Crippen molar-refractivity contribution in [3.05, 3.63) is 62.5 Å². The molecule has 0 fully saturated rings. The number of benzene rings is 1. The first kappa shape index (κ1) is 23.3. The minimum absolute atomic E-state index is 0.139. The predicted molar refractivity (Wildman–Crippen MR) is 125 cm³/mol. The minimum atomic E-state index is -0.139. The maximum absolute atomic E-state index is 9.31. The van der Waals surface area contributed by atoms with E-state index in [0.717, 1.165) is 32.9 Å².